The van der Waals surface area contributed by atoms with E-state index in [1.807, 2.05) is 12.1 Å². The highest BCUT2D eigenvalue weighted by molar-refractivity contribution is 9.10. The molecule has 0 unspecified atom stereocenters. The van der Waals surface area contributed by atoms with E-state index in [-0.39, 0.29) is 0 Å². The summed E-state index contributed by atoms with van der Waals surface area (Å²) in [5.41, 5.74) is 1.13. The summed E-state index contributed by atoms with van der Waals surface area (Å²) >= 11 is 3.45. The Balaban J connectivity index is 2.17. The van der Waals surface area contributed by atoms with Gasteiger partial charge in [0.2, 0.25) is 0 Å². The Bertz CT molecular complexity index is 378. The van der Waals surface area contributed by atoms with Crippen LogP contribution in [-0.4, -0.2) is 20.3 Å². The van der Waals surface area contributed by atoms with Gasteiger partial charge in [-0.3, -0.25) is 0 Å². The Labute approximate surface area is 104 Å². The van der Waals surface area contributed by atoms with E-state index in [2.05, 4.69) is 21.2 Å². The zero-order valence-electron chi connectivity index (χ0n) is 9.55. The van der Waals surface area contributed by atoms with E-state index in [1.165, 1.54) is 12.8 Å². The lowest BCUT2D eigenvalue weighted by Crippen LogP contribution is -2.16. The largest absolute Gasteiger partial charge is 0.496 e. The van der Waals surface area contributed by atoms with E-state index in [9.17, 15) is 0 Å². The Morgan fingerprint density at radius 1 is 1.25 bits per heavy atom. The van der Waals surface area contributed by atoms with E-state index in [0.29, 0.717) is 6.04 Å². The molecule has 0 spiro atoms. The highest BCUT2D eigenvalue weighted by Crippen LogP contribution is 2.33. The summed E-state index contributed by atoms with van der Waals surface area (Å²) in [6, 6.07) is 4.65. The van der Waals surface area contributed by atoms with Crippen LogP contribution in [0, 0.1) is 0 Å². The van der Waals surface area contributed by atoms with Gasteiger partial charge in [-0.25, -0.2) is 0 Å². The predicted octanol–water partition coefficient (Wildman–Crippen LogP) is 2.72. The average Bonchev–Trinajstić information content (AvgIpc) is 3.10. The first kappa shape index (κ1) is 11.7. The molecule has 0 aromatic heterocycles. The van der Waals surface area contributed by atoms with E-state index in [1.54, 1.807) is 14.2 Å². The van der Waals surface area contributed by atoms with Crippen molar-refractivity contribution in [2.45, 2.75) is 25.4 Å². The Morgan fingerprint density at radius 2 is 1.94 bits per heavy atom. The fourth-order valence-electron chi connectivity index (χ4n) is 1.60. The van der Waals surface area contributed by atoms with Crippen LogP contribution < -0.4 is 14.8 Å². The van der Waals surface area contributed by atoms with Crippen LogP contribution in [0.3, 0.4) is 0 Å². The minimum atomic E-state index is 0.694. The van der Waals surface area contributed by atoms with Gasteiger partial charge in [0, 0.05) is 18.2 Å². The fourth-order valence-corrected chi connectivity index (χ4v) is 2.09. The molecule has 88 valence electrons. The van der Waals surface area contributed by atoms with E-state index < -0.39 is 0 Å². The predicted molar refractivity (Wildman–Crippen MR) is 67.1 cm³/mol. The van der Waals surface area contributed by atoms with Crippen LogP contribution >= 0.6 is 15.9 Å². The molecule has 1 fully saturated rings. The summed E-state index contributed by atoms with van der Waals surface area (Å²) in [5, 5.41) is 3.47. The lowest BCUT2D eigenvalue weighted by molar-refractivity contribution is 0.395. The lowest BCUT2D eigenvalue weighted by Gasteiger charge is -2.12. The van der Waals surface area contributed by atoms with Gasteiger partial charge in [-0.15, -0.1) is 0 Å². The molecule has 4 heteroatoms. The van der Waals surface area contributed by atoms with Crippen molar-refractivity contribution in [3.8, 4) is 11.5 Å². The molecule has 3 nitrogen and oxygen atoms in total. The monoisotopic (exact) mass is 285 g/mol. The van der Waals surface area contributed by atoms with Gasteiger partial charge in [-0.05, 0) is 40.9 Å². The van der Waals surface area contributed by atoms with Crippen LogP contribution in [-0.2, 0) is 6.54 Å². The molecule has 1 saturated carbocycles. The molecule has 0 radical (unpaired) electrons. The molecule has 0 aliphatic heterocycles. The van der Waals surface area contributed by atoms with Crippen molar-refractivity contribution in [1.82, 2.24) is 5.32 Å². The first-order valence-electron chi connectivity index (χ1n) is 5.38. The molecular formula is C12H16BrNO2. The SMILES string of the molecule is COc1cc(CNC2CC2)c(OC)cc1Br. The molecule has 16 heavy (non-hydrogen) atoms. The van der Waals surface area contributed by atoms with Gasteiger partial charge in [0.05, 0.1) is 18.7 Å². The number of halogens is 1. The van der Waals surface area contributed by atoms with Crippen molar-refractivity contribution in [3.05, 3.63) is 22.2 Å². The van der Waals surface area contributed by atoms with Crippen molar-refractivity contribution in [2.75, 3.05) is 14.2 Å². The first-order valence-corrected chi connectivity index (χ1v) is 6.17. The van der Waals surface area contributed by atoms with Crippen LogP contribution in [0.2, 0.25) is 0 Å². The van der Waals surface area contributed by atoms with Crippen molar-refractivity contribution < 1.29 is 9.47 Å². The zero-order chi connectivity index (χ0) is 11.5. The summed E-state index contributed by atoms with van der Waals surface area (Å²) < 4.78 is 11.5. The smallest absolute Gasteiger partial charge is 0.133 e. The van der Waals surface area contributed by atoms with Gasteiger partial charge in [-0.1, -0.05) is 0 Å². The summed E-state index contributed by atoms with van der Waals surface area (Å²) in [5.74, 6) is 1.73. The fraction of sp³-hybridized carbons (Fsp3) is 0.500. The van der Waals surface area contributed by atoms with Crippen molar-refractivity contribution >= 4 is 15.9 Å². The number of hydrogen-bond acceptors (Lipinski definition) is 3. The standard InChI is InChI=1S/C12H16BrNO2/c1-15-11-6-10(13)12(16-2)5-8(11)7-14-9-3-4-9/h5-6,9,14H,3-4,7H2,1-2H3. The number of ether oxygens (including phenoxy) is 2. The molecule has 2 rings (SSSR count). The highest BCUT2D eigenvalue weighted by atomic mass is 79.9. The number of hydrogen-bond donors (Lipinski definition) is 1. The minimum Gasteiger partial charge on any atom is -0.496 e. The van der Waals surface area contributed by atoms with Crippen LogP contribution in [0.4, 0.5) is 0 Å². The number of benzene rings is 1. The second kappa shape index (κ2) is 5.06. The third-order valence-corrected chi connectivity index (χ3v) is 3.33. The third-order valence-electron chi connectivity index (χ3n) is 2.71. The average molecular weight is 286 g/mol. The molecular weight excluding hydrogens is 270 g/mol. The first-order chi connectivity index (χ1) is 7.74. The molecule has 1 N–H and O–H groups in total. The number of methoxy groups -OCH3 is 2. The maximum Gasteiger partial charge on any atom is 0.133 e. The van der Waals surface area contributed by atoms with Crippen LogP contribution in [0.1, 0.15) is 18.4 Å². The van der Waals surface area contributed by atoms with E-state index in [0.717, 1.165) is 28.1 Å². The molecule has 0 saturated heterocycles. The molecule has 1 aliphatic carbocycles. The summed E-state index contributed by atoms with van der Waals surface area (Å²) in [4.78, 5) is 0. The molecule has 0 bridgehead atoms. The van der Waals surface area contributed by atoms with E-state index >= 15 is 0 Å². The minimum absolute atomic E-state index is 0.694. The quantitative estimate of drug-likeness (QED) is 0.902. The normalized spacial score (nSPS) is 14.9. The maximum absolute atomic E-state index is 5.35. The second-order valence-electron chi connectivity index (χ2n) is 3.95. The van der Waals surface area contributed by atoms with Gasteiger partial charge in [0.1, 0.15) is 11.5 Å². The van der Waals surface area contributed by atoms with Gasteiger partial charge >= 0.3 is 0 Å². The second-order valence-corrected chi connectivity index (χ2v) is 4.81. The van der Waals surface area contributed by atoms with Crippen molar-refractivity contribution in [2.24, 2.45) is 0 Å². The third kappa shape index (κ3) is 2.68. The summed E-state index contributed by atoms with van der Waals surface area (Å²) in [6.07, 6.45) is 2.58. The van der Waals surface area contributed by atoms with Gasteiger partial charge < -0.3 is 14.8 Å². The Kier molecular flexibility index (Phi) is 3.71. The Hall–Kier alpha value is -0.740. The summed E-state index contributed by atoms with van der Waals surface area (Å²) in [6.45, 7) is 0.831. The zero-order valence-corrected chi connectivity index (χ0v) is 11.1. The molecule has 0 amide bonds. The summed E-state index contributed by atoms with van der Waals surface area (Å²) in [7, 11) is 3.36. The van der Waals surface area contributed by atoms with Crippen LogP contribution in [0.25, 0.3) is 0 Å². The highest BCUT2D eigenvalue weighted by Gasteiger charge is 2.21. The van der Waals surface area contributed by atoms with Crippen LogP contribution in [0.5, 0.6) is 11.5 Å². The van der Waals surface area contributed by atoms with Crippen molar-refractivity contribution in [1.29, 1.82) is 0 Å². The molecule has 0 atom stereocenters. The molecule has 1 aromatic carbocycles. The van der Waals surface area contributed by atoms with E-state index in [4.69, 9.17) is 9.47 Å². The molecule has 0 heterocycles. The van der Waals surface area contributed by atoms with Crippen molar-refractivity contribution in [3.63, 3.8) is 0 Å². The van der Waals surface area contributed by atoms with Gasteiger partial charge in [-0.2, -0.15) is 0 Å². The van der Waals surface area contributed by atoms with Gasteiger partial charge in [0.25, 0.3) is 0 Å². The molecule has 1 aromatic rings. The van der Waals surface area contributed by atoms with Crippen LogP contribution in [0.15, 0.2) is 16.6 Å². The molecule has 1 aliphatic rings. The van der Waals surface area contributed by atoms with Gasteiger partial charge in [0.15, 0.2) is 0 Å². The Morgan fingerprint density at radius 3 is 2.50 bits per heavy atom. The maximum atomic E-state index is 5.35. The number of nitrogens with one attached hydrogen (secondary N) is 1. The topological polar surface area (TPSA) is 30.5 Å². The lowest BCUT2D eigenvalue weighted by atomic mass is 10.2. The number of rotatable bonds is 5.